The lowest BCUT2D eigenvalue weighted by Gasteiger charge is -2.30. The Morgan fingerprint density at radius 2 is 2.00 bits per heavy atom. The molecule has 0 unspecified atom stereocenters. The number of allylic oxidation sites excluding steroid dienone is 3. The first kappa shape index (κ1) is 17.9. The second-order valence-corrected chi connectivity index (χ2v) is 5.77. The minimum Gasteiger partial charge on any atom is -0.461 e. The van der Waals surface area contributed by atoms with Crippen LogP contribution in [0, 0.1) is 5.41 Å². The Labute approximate surface area is 130 Å². The maximum Gasteiger partial charge on any atom is 0.338 e. The summed E-state index contributed by atoms with van der Waals surface area (Å²) in [5, 5.41) is 0. The number of carbonyl (C=O) groups excluding carboxylic acids is 3. The van der Waals surface area contributed by atoms with Gasteiger partial charge in [-0.15, -0.1) is 0 Å². The quantitative estimate of drug-likeness (QED) is 0.338. The summed E-state index contributed by atoms with van der Waals surface area (Å²) in [5.41, 5.74) is 1.30. The van der Waals surface area contributed by atoms with E-state index in [0.717, 1.165) is 11.9 Å². The van der Waals surface area contributed by atoms with Crippen molar-refractivity contribution in [2.75, 3.05) is 6.61 Å². The highest BCUT2D eigenvalue weighted by Crippen LogP contribution is 2.34. The van der Waals surface area contributed by atoms with Gasteiger partial charge < -0.3 is 9.47 Å². The van der Waals surface area contributed by atoms with Gasteiger partial charge in [0.25, 0.3) is 0 Å². The molecule has 0 saturated carbocycles. The fourth-order valence-corrected chi connectivity index (χ4v) is 2.19. The fraction of sp³-hybridized carbons (Fsp3) is 0.471. The Morgan fingerprint density at radius 3 is 2.50 bits per heavy atom. The topological polar surface area (TPSA) is 69.7 Å². The third-order valence-corrected chi connectivity index (χ3v) is 3.51. The summed E-state index contributed by atoms with van der Waals surface area (Å²) in [4.78, 5) is 34.1. The SMILES string of the molecule is C/C=C(/COC(C)=O)C(=O)O[C@@H]1C=C(C=O)C(C)(C)C=C1C. The Kier molecular flexibility index (Phi) is 5.85. The summed E-state index contributed by atoms with van der Waals surface area (Å²) in [6, 6.07) is 0. The van der Waals surface area contributed by atoms with E-state index < -0.39 is 18.0 Å². The van der Waals surface area contributed by atoms with E-state index in [2.05, 4.69) is 0 Å². The van der Waals surface area contributed by atoms with Crippen molar-refractivity contribution in [1.29, 1.82) is 0 Å². The standard InChI is InChI=1S/C17H22O5/c1-6-13(10-21-12(3)19)16(20)22-15-7-14(9-18)17(4,5)8-11(15)2/h6-9,15H,10H2,1-5H3/b13-6-/t15-/m1/s1. The van der Waals surface area contributed by atoms with Crippen LogP contribution in [-0.4, -0.2) is 30.9 Å². The van der Waals surface area contributed by atoms with E-state index in [4.69, 9.17) is 9.47 Å². The normalized spacial score (nSPS) is 20.6. The molecule has 0 saturated heterocycles. The third kappa shape index (κ3) is 4.41. The molecule has 0 fully saturated rings. The van der Waals surface area contributed by atoms with Crippen molar-refractivity contribution in [2.45, 2.75) is 40.7 Å². The minimum absolute atomic E-state index is 0.129. The van der Waals surface area contributed by atoms with Crippen LogP contribution in [0.25, 0.3) is 0 Å². The van der Waals surface area contributed by atoms with Crippen molar-refractivity contribution in [3.05, 3.63) is 34.9 Å². The van der Waals surface area contributed by atoms with Crippen LogP contribution in [0.1, 0.15) is 34.6 Å². The van der Waals surface area contributed by atoms with E-state index >= 15 is 0 Å². The molecule has 0 aliphatic heterocycles. The average Bonchev–Trinajstić information content (AvgIpc) is 2.41. The van der Waals surface area contributed by atoms with Gasteiger partial charge in [0.05, 0.1) is 5.57 Å². The molecule has 0 N–H and O–H groups in total. The minimum atomic E-state index is -0.590. The monoisotopic (exact) mass is 306 g/mol. The van der Waals surface area contributed by atoms with Crippen LogP contribution >= 0.6 is 0 Å². The smallest absolute Gasteiger partial charge is 0.338 e. The predicted octanol–water partition coefficient (Wildman–Crippen LogP) is 2.52. The van der Waals surface area contributed by atoms with Crippen LogP contribution in [0.3, 0.4) is 0 Å². The van der Waals surface area contributed by atoms with E-state index in [0.29, 0.717) is 5.57 Å². The molecule has 0 amide bonds. The first-order chi connectivity index (χ1) is 10.2. The van der Waals surface area contributed by atoms with E-state index in [9.17, 15) is 14.4 Å². The number of rotatable bonds is 5. The highest BCUT2D eigenvalue weighted by atomic mass is 16.6. The van der Waals surface area contributed by atoms with Gasteiger partial charge in [-0.25, -0.2) is 4.79 Å². The lowest BCUT2D eigenvalue weighted by molar-refractivity contribution is -0.144. The van der Waals surface area contributed by atoms with Crippen LogP contribution in [-0.2, 0) is 23.9 Å². The Hall–Kier alpha value is -2.17. The second-order valence-electron chi connectivity index (χ2n) is 5.77. The van der Waals surface area contributed by atoms with E-state index in [1.165, 1.54) is 6.92 Å². The van der Waals surface area contributed by atoms with Crippen LogP contribution in [0.5, 0.6) is 0 Å². The van der Waals surface area contributed by atoms with Crippen molar-refractivity contribution >= 4 is 18.2 Å². The van der Waals surface area contributed by atoms with Crippen LogP contribution in [0.2, 0.25) is 0 Å². The molecule has 0 bridgehead atoms. The number of carbonyl (C=O) groups is 3. The second kappa shape index (κ2) is 7.20. The molecule has 5 nitrogen and oxygen atoms in total. The van der Waals surface area contributed by atoms with Gasteiger partial charge in [-0.2, -0.15) is 0 Å². The zero-order valence-electron chi connectivity index (χ0n) is 13.6. The zero-order chi connectivity index (χ0) is 16.9. The molecule has 22 heavy (non-hydrogen) atoms. The van der Waals surface area contributed by atoms with Crippen LogP contribution in [0.4, 0.5) is 0 Å². The molecule has 1 aliphatic rings. The summed E-state index contributed by atoms with van der Waals surface area (Å²) in [5.74, 6) is -1.03. The number of esters is 2. The summed E-state index contributed by atoms with van der Waals surface area (Å²) in [6.07, 6.45) is 5.30. The highest BCUT2D eigenvalue weighted by molar-refractivity contribution is 5.89. The first-order valence-electron chi connectivity index (χ1n) is 7.07. The number of ether oxygens (including phenoxy) is 2. The molecular weight excluding hydrogens is 284 g/mol. The van der Waals surface area contributed by atoms with Gasteiger partial charge in [0, 0.05) is 17.9 Å². The average molecular weight is 306 g/mol. The lowest BCUT2D eigenvalue weighted by atomic mass is 9.78. The van der Waals surface area contributed by atoms with Gasteiger partial charge in [0.2, 0.25) is 0 Å². The summed E-state index contributed by atoms with van der Waals surface area (Å²) >= 11 is 0. The molecular formula is C17H22O5. The molecule has 1 atom stereocenters. The fourth-order valence-electron chi connectivity index (χ4n) is 2.19. The molecule has 0 heterocycles. The molecule has 0 aromatic rings. The van der Waals surface area contributed by atoms with Gasteiger partial charge in [-0.3, -0.25) is 9.59 Å². The molecule has 1 aliphatic carbocycles. The Bertz CT molecular complexity index is 564. The van der Waals surface area contributed by atoms with Gasteiger partial charge in [0.1, 0.15) is 19.0 Å². The van der Waals surface area contributed by atoms with Gasteiger partial charge in [-0.05, 0) is 25.5 Å². The molecule has 0 radical (unpaired) electrons. The molecule has 0 spiro atoms. The molecule has 120 valence electrons. The largest absolute Gasteiger partial charge is 0.461 e. The maximum absolute atomic E-state index is 12.1. The number of hydrogen-bond donors (Lipinski definition) is 0. The van der Waals surface area contributed by atoms with Crippen LogP contribution in [0.15, 0.2) is 34.9 Å². The Balaban J connectivity index is 2.85. The lowest BCUT2D eigenvalue weighted by Crippen LogP contribution is -2.28. The molecule has 0 aromatic heterocycles. The van der Waals surface area contributed by atoms with E-state index in [1.807, 2.05) is 26.8 Å². The van der Waals surface area contributed by atoms with Crippen molar-refractivity contribution < 1.29 is 23.9 Å². The van der Waals surface area contributed by atoms with Crippen molar-refractivity contribution in [2.24, 2.45) is 5.41 Å². The summed E-state index contributed by atoms with van der Waals surface area (Å²) in [6.45, 7) is 8.50. The maximum atomic E-state index is 12.1. The van der Waals surface area contributed by atoms with Gasteiger partial charge in [-0.1, -0.05) is 26.0 Å². The summed E-state index contributed by atoms with van der Waals surface area (Å²) < 4.78 is 10.2. The predicted molar refractivity (Wildman–Crippen MR) is 82.0 cm³/mol. The molecule has 1 rings (SSSR count). The molecule has 5 heteroatoms. The van der Waals surface area contributed by atoms with Crippen molar-refractivity contribution in [3.8, 4) is 0 Å². The van der Waals surface area contributed by atoms with Gasteiger partial charge >= 0.3 is 11.9 Å². The van der Waals surface area contributed by atoms with Crippen molar-refractivity contribution in [1.82, 2.24) is 0 Å². The number of aldehydes is 1. The van der Waals surface area contributed by atoms with E-state index in [1.54, 1.807) is 19.1 Å². The van der Waals surface area contributed by atoms with Crippen molar-refractivity contribution in [3.63, 3.8) is 0 Å². The third-order valence-electron chi connectivity index (χ3n) is 3.51. The highest BCUT2D eigenvalue weighted by Gasteiger charge is 2.29. The number of hydrogen-bond acceptors (Lipinski definition) is 5. The molecule has 0 aromatic carbocycles. The Morgan fingerprint density at radius 1 is 1.36 bits per heavy atom. The summed E-state index contributed by atoms with van der Waals surface area (Å²) in [7, 11) is 0. The zero-order valence-corrected chi connectivity index (χ0v) is 13.6. The van der Waals surface area contributed by atoms with Gasteiger partial charge in [0.15, 0.2) is 0 Å². The van der Waals surface area contributed by atoms with Crippen LogP contribution < -0.4 is 0 Å². The first-order valence-corrected chi connectivity index (χ1v) is 7.07. The van der Waals surface area contributed by atoms with E-state index in [-0.39, 0.29) is 17.6 Å².